The van der Waals surface area contributed by atoms with Crippen molar-refractivity contribution in [1.29, 1.82) is 0 Å². The van der Waals surface area contributed by atoms with Crippen molar-refractivity contribution >= 4 is 20.2 Å². The molecule has 0 aliphatic carbocycles. The number of fused-ring (bicyclic) bond motifs is 1. The van der Waals surface area contributed by atoms with E-state index in [0.717, 1.165) is 16.3 Å². The average Bonchev–Trinajstić information content (AvgIpc) is 2.29. The maximum Gasteiger partial charge on any atom is 0.484 e. The standard InChI is InChI=1S/C13H13F2Si/c1-2-13(16(14)15)12-8-7-10-5-3-4-6-11(10)9-12/h3-9,13H,2H2,1H3. The molecule has 0 heterocycles. The third kappa shape index (κ3) is 2.14. The van der Waals surface area contributed by atoms with E-state index in [4.69, 9.17) is 0 Å². The second-order valence-electron chi connectivity index (χ2n) is 3.86. The van der Waals surface area contributed by atoms with E-state index >= 15 is 0 Å². The van der Waals surface area contributed by atoms with Gasteiger partial charge < -0.3 is 0 Å². The van der Waals surface area contributed by atoms with E-state index in [1.165, 1.54) is 0 Å². The fourth-order valence-corrected chi connectivity index (χ4v) is 2.68. The maximum absolute atomic E-state index is 12.9. The highest BCUT2D eigenvalue weighted by atomic mass is 28.4. The number of benzene rings is 2. The van der Waals surface area contributed by atoms with Crippen molar-refractivity contribution in [3.05, 3.63) is 48.0 Å². The van der Waals surface area contributed by atoms with Gasteiger partial charge in [-0.1, -0.05) is 49.4 Å². The molecule has 0 aromatic heterocycles. The van der Waals surface area contributed by atoms with E-state index < -0.39 is 15.0 Å². The lowest BCUT2D eigenvalue weighted by atomic mass is 10.0. The predicted molar refractivity (Wildman–Crippen MR) is 65.0 cm³/mol. The summed E-state index contributed by atoms with van der Waals surface area (Å²) in [5.41, 5.74) is 0.231. The highest BCUT2D eigenvalue weighted by molar-refractivity contribution is 6.44. The van der Waals surface area contributed by atoms with Crippen LogP contribution in [0.5, 0.6) is 0 Å². The summed E-state index contributed by atoms with van der Waals surface area (Å²) in [5.74, 6) is 0. The van der Waals surface area contributed by atoms with Crippen molar-refractivity contribution in [1.82, 2.24) is 0 Å². The Morgan fingerprint density at radius 3 is 2.38 bits per heavy atom. The average molecular weight is 235 g/mol. The summed E-state index contributed by atoms with van der Waals surface area (Å²) in [7, 11) is -3.24. The first-order valence-electron chi connectivity index (χ1n) is 5.39. The van der Waals surface area contributed by atoms with Crippen molar-refractivity contribution in [2.75, 3.05) is 0 Å². The molecule has 2 rings (SSSR count). The summed E-state index contributed by atoms with van der Waals surface area (Å²) in [6.45, 7) is 1.82. The first kappa shape index (κ1) is 11.3. The molecule has 0 aliphatic rings. The van der Waals surface area contributed by atoms with Crippen LogP contribution in [-0.4, -0.2) is 9.46 Å². The summed E-state index contributed by atoms with van der Waals surface area (Å²) in [5, 5.41) is 2.15. The lowest BCUT2D eigenvalue weighted by Crippen LogP contribution is -2.12. The minimum atomic E-state index is -3.24. The molecule has 83 valence electrons. The Bertz CT molecular complexity index is 482. The van der Waals surface area contributed by atoms with Crippen LogP contribution in [0.3, 0.4) is 0 Å². The molecule has 0 nitrogen and oxygen atoms in total. The van der Waals surface area contributed by atoms with Crippen LogP contribution in [0.2, 0.25) is 0 Å². The topological polar surface area (TPSA) is 0 Å². The predicted octanol–water partition coefficient (Wildman–Crippen LogP) is 4.30. The molecule has 3 heteroatoms. The Balaban J connectivity index is 2.45. The summed E-state index contributed by atoms with van der Waals surface area (Å²) in [6, 6.07) is 13.5. The van der Waals surface area contributed by atoms with Crippen LogP contribution in [0, 0.1) is 0 Å². The first-order chi connectivity index (χ1) is 7.72. The van der Waals surface area contributed by atoms with Gasteiger partial charge in [-0.25, -0.2) is 0 Å². The molecule has 1 radical (unpaired) electrons. The van der Waals surface area contributed by atoms with Crippen LogP contribution in [0.1, 0.15) is 24.4 Å². The molecule has 0 N–H and O–H groups in total. The third-order valence-corrected chi connectivity index (χ3v) is 4.12. The summed E-state index contributed by atoms with van der Waals surface area (Å²) < 4.78 is 25.8. The molecule has 0 saturated carbocycles. The SMILES string of the molecule is CCC(c1ccc2ccccc2c1)[Si](F)F. The normalized spacial score (nSPS) is 13.2. The molecule has 2 aromatic rings. The fraction of sp³-hybridized carbons (Fsp3) is 0.231. The molecule has 0 spiro atoms. The van der Waals surface area contributed by atoms with Crippen LogP contribution >= 0.6 is 0 Å². The van der Waals surface area contributed by atoms with Crippen LogP contribution in [0.4, 0.5) is 8.22 Å². The first-order valence-corrected chi connectivity index (χ1v) is 6.72. The van der Waals surface area contributed by atoms with Gasteiger partial charge in [0.2, 0.25) is 0 Å². The van der Waals surface area contributed by atoms with E-state index in [9.17, 15) is 8.22 Å². The van der Waals surface area contributed by atoms with E-state index in [1.54, 1.807) is 0 Å². The van der Waals surface area contributed by atoms with Crippen molar-refractivity contribution in [2.45, 2.75) is 18.9 Å². The van der Waals surface area contributed by atoms with Gasteiger partial charge in [-0.2, -0.15) is 0 Å². The Morgan fingerprint density at radius 2 is 1.75 bits per heavy atom. The number of hydrogen-bond acceptors (Lipinski definition) is 0. The zero-order valence-electron chi connectivity index (χ0n) is 9.08. The summed E-state index contributed by atoms with van der Waals surface area (Å²) >= 11 is 0. The van der Waals surface area contributed by atoms with Gasteiger partial charge in [-0.05, 0) is 22.8 Å². The molecule has 16 heavy (non-hydrogen) atoms. The van der Waals surface area contributed by atoms with Gasteiger partial charge in [0, 0.05) is 5.54 Å². The maximum atomic E-state index is 12.9. The summed E-state index contributed by atoms with van der Waals surface area (Å²) in [6.07, 6.45) is 0.514. The minimum absolute atomic E-state index is 0.514. The van der Waals surface area contributed by atoms with Crippen molar-refractivity contribution in [2.24, 2.45) is 0 Å². The smallest absolute Gasteiger partial charge is 0.267 e. The monoisotopic (exact) mass is 235 g/mol. The molecule has 0 saturated heterocycles. The molecule has 0 bridgehead atoms. The number of halogens is 2. The van der Waals surface area contributed by atoms with Gasteiger partial charge in [-0.15, -0.1) is 0 Å². The lowest BCUT2D eigenvalue weighted by molar-refractivity contribution is 0.603. The minimum Gasteiger partial charge on any atom is -0.267 e. The molecular formula is C13H13F2Si. The molecule has 2 aromatic carbocycles. The Morgan fingerprint density at radius 1 is 1.06 bits per heavy atom. The van der Waals surface area contributed by atoms with Gasteiger partial charge >= 0.3 is 9.46 Å². The lowest BCUT2D eigenvalue weighted by Gasteiger charge is -2.12. The highest BCUT2D eigenvalue weighted by Crippen LogP contribution is 2.27. The van der Waals surface area contributed by atoms with Crippen LogP contribution in [0.25, 0.3) is 10.8 Å². The second-order valence-corrected chi connectivity index (χ2v) is 5.13. The number of hydrogen-bond donors (Lipinski definition) is 0. The van der Waals surface area contributed by atoms with Crippen molar-refractivity contribution in [3.8, 4) is 0 Å². The highest BCUT2D eigenvalue weighted by Gasteiger charge is 2.25. The van der Waals surface area contributed by atoms with Crippen molar-refractivity contribution in [3.63, 3.8) is 0 Å². The fourth-order valence-electron chi connectivity index (χ4n) is 1.94. The second kappa shape index (κ2) is 4.74. The number of rotatable bonds is 3. The van der Waals surface area contributed by atoms with Crippen LogP contribution in [0.15, 0.2) is 42.5 Å². The van der Waals surface area contributed by atoms with E-state index in [0.29, 0.717) is 6.42 Å². The zero-order valence-corrected chi connectivity index (χ0v) is 10.1. The van der Waals surface area contributed by atoms with Crippen LogP contribution < -0.4 is 0 Å². The molecule has 0 fully saturated rings. The van der Waals surface area contributed by atoms with Gasteiger partial charge in [-0.3, -0.25) is 8.22 Å². The third-order valence-electron chi connectivity index (χ3n) is 2.85. The molecule has 0 amide bonds. The van der Waals surface area contributed by atoms with Crippen molar-refractivity contribution < 1.29 is 8.22 Å². The summed E-state index contributed by atoms with van der Waals surface area (Å²) in [4.78, 5) is 0. The van der Waals surface area contributed by atoms with Gasteiger partial charge in [0.15, 0.2) is 0 Å². The largest absolute Gasteiger partial charge is 0.484 e. The van der Waals surface area contributed by atoms with Gasteiger partial charge in [0.25, 0.3) is 0 Å². The van der Waals surface area contributed by atoms with Crippen LogP contribution in [-0.2, 0) is 0 Å². The quantitative estimate of drug-likeness (QED) is 0.549. The Kier molecular flexibility index (Phi) is 3.34. The van der Waals surface area contributed by atoms with E-state index in [-0.39, 0.29) is 0 Å². The molecule has 1 atom stereocenters. The molecule has 1 unspecified atom stereocenters. The van der Waals surface area contributed by atoms with Gasteiger partial charge in [0.05, 0.1) is 0 Å². The molecular weight excluding hydrogens is 222 g/mol. The van der Waals surface area contributed by atoms with E-state index in [2.05, 4.69) is 0 Å². The zero-order chi connectivity index (χ0) is 11.5. The van der Waals surface area contributed by atoms with Gasteiger partial charge in [0.1, 0.15) is 0 Å². The molecule has 0 aliphatic heterocycles. The van der Waals surface area contributed by atoms with E-state index in [1.807, 2.05) is 49.4 Å². The Hall–Kier alpha value is -1.22. The Labute approximate surface area is 95.9 Å².